The molecule has 3 aliphatic carbocycles. The van der Waals surface area contributed by atoms with Gasteiger partial charge in [0.15, 0.2) is 0 Å². The minimum absolute atomic E-state index is 0.216. The number of hydrogen-bond acceptors (Lipinski definition) is 0. The van der Waals surface area contributed by atoms with E-state index in [0.717, 1.165) is 18.3 Å². The van der Waals surface area contributed by atoms with E-state index < -0.39 is 0 Å². The lowest BCUT2D eigenvalue weighted by Gasteiger charge is -2.54. The molecular weight excluding hydrogens is 312 g/mol. The van der Waals surface area contributed by atoms with Crippen LogP contribution in [0.5, 0.6) is 0 Å². The van der Waals surface area contributed by atoms with Crippen molar-refractivity contribution in [1.82, 2.24) is 0 Å². The van der Waals surface area contributed by atoms with Crippen LogP contribution < -0.4 is 0 Å². The molecule has 0 aromatic carbocycles. The van der Waals surface area contributed by atoms with Crippen LogP contribution in [0.4, 0.5) is 0 Å². The van der Waals surface area contributed by atoms with Gasteiger partial charge in [0.1, 0.15) is 0 Å². The summed E-state index contributed by atoms with van der Waals surface area (Å²) in [5.74, 6) is 1.77. The predicted octanol–water partition coefficient (Wildman–Crippen LogP) is 7.59. The van der Waals surface area contributed by atoms with Crippen LogP contribution in [-0.2, 0) is 0 Å². The monoisotopic (exact) mass is 346 g/mol. The number of alkyl halides is 1. The lowest BCUT2D eigenvalue weighted by Crippen LogP contribution is -2.49. The van der Waals surface area contributed by atoms with Crippen molar-refractivity contribution in [3.05, 3.63) is 37.0 Å². The highest BCUT2D eigenvalue weighted by Crippen LogP contribution is 2.59. The molecule has 0 spiro atoms. The fourth-order valence-electron chi connectivity index (χ4n) is 5.79. The Balaban J connectivity index is 1.69. The molecule has 24 heavy (non-hydrogen) atoms. The maximum atomic E-state index is 7.30. The maximum absolute atomic E-state index is 7.30. The van der Waals surface area contributed by atoms with Crippen LogP contribution in [0.3, 0.4) is 0 Å². The van der Waals surface area contributed by atoms with E-state index >= 15 is 0 Å². The molecule has 0 saturated heterocycles. The van der Waals surface area contributed by atoms with E-state index in [1.807, 2.05) is 0 Å². The van der Waals surface area contributed by atoms with Gasteiger partial charge in [0.2, 0.25) is 0 Å². The van der Waals surface area contributed by atoms with Gasteiger partial charge in [0.05, 0.1) is 4.87 Å². The van der Waals surface area contributed by atoms with Crippen molar-refractivity contribution in [1.29, 1.82) is 0 Å². The molecule has 1 heteroatoms. The molecule has 3 rings (SSSR count). The quantitative estimate of drug-likeness (QED) is 0.264. The molecule has 134 valence electrons. The Kier molecular flexibility index (Phi) is 6.30. The molecule has 0 heterocycles. The fourth-order valence-corrected chi connectivity index (χ4v) is 6.31. The third-order valence-electron chi connectivity index (χ3n) is 7.15. The molecule has 2 fully saturated rings. The van der Waals surface area contributed by atoms with Crippen molar-refractivity contribution in [3.63, 3.8) is 0 Å². The molecule has 0 bridgehead atoms. The van der Waals surface area contributed by atoms with Crippen LogP contribution in [0.1, 0.15) is 83.5 Å². The summed E-state index contributed by atoms with van der Waals surface area (Å²) in [5.41, 5.74) is 0.312. The minimum Gasteiger partial charge on any atom is -0.110 e. The molecule has 0 aromatic rings. The Bertz CT molecular complexity index is 446. The lowest BCUT2D eigenvalue weighted by atomic mass is 9.54. The van der Waals surface area contributed by atoms with E-state index in [0.29, 0.717) is 5.41 Å². The zero-order chi connectivity index (χ0) is 16.9. The Hall–Kier alpha value is -0.490. The highest BCUT2D eigenvalue weighted by atomic mass is 35.5. The van der Waals surface area contributed by atoms with E-state index in [1.165, 1.54) is 77.0 Å². The summed E-state index contributed by atoms with van der Waals surface area (Å²) in [6.45, 7) is 3.86. The average molecular weight is 347 g/mol. The summed E-state index contributed by atoms with van der Waals surface area (Å²) in [6, 6.07) is 0. The summed E-state index contributed by atoms with van der Waals surface area (Å²) in [6.07, 6.45) is 28.8. The summed E-state index contributed by atoms with van der Waals surface area (Å²) in [7, 11) is 0. The third kappa shape index (κ3) is 3.69. The zero-order valence-electron chi connectivity index (χ0n) is 15.3. The van der Waals surface area contributed by atoms with Crippen molar-refractivity contribution in [3.8, 4) is 0 Å². The van der Waals surface area contributed by atoms with Gasteiger partial charge in [-0.15, -0.1) is 18.2 Å². The van der Waals surface area contributed by atoms with Crippen molar-refractivity contribution in [2.24, 2.45) is 17.3 Å². The summed E-state index contributed by atoms with van der Waals surface area (Å²) in [5, 5.41) is 0. The molecule has 2 saturated carbocycles. The summed E-state index contributed by atoms with van der Waals surface area (Å²) < 4.78 is 0. The van der Waals surface area contributed by atoms with E-state index in [1.54, 1.807) is 0 Å². The van der Waals surface area contributed by atoms with E-state index in [2.05, 4.69) is 37.0 Å². The number of rotatable bonds is 6. The highest BCUT2D eigenvalue weighted by Gasteiger charge is 2.52. The highest BCUT2D eigenvalue weighted by molar-refractivity contribution is 6.27. The van der Waals surface area contributed by atoms with Gasteiger partial charge in [-0.3, -0.25) is 0 Å². The third-order valence-corrected chi connectivity index (χ3v) is 7.78. The number of allylic oxidation sites excluding steroid dienone is 5. The van der Waals surface area contributed by atoms with Crippen LogP contribution in [-0.4, -0.2) is 4.87 Å². The average Bonchev–Trinajstić information content (AvgIpc) is 2.64. The Morgan fingerprint density at radius 3 is 2.29 bits per heavy atom. The van der Waals surface area contributed by atoms with Gasteiger partial charge in [-0.25, -0.2) is 0 Å². The van der Waals surface area contributed by atoms with E-state index in [9.17, 15) is 0 Å². The Morgan fingerprint density at radius 2 is 1.67 bits per heavy atom. The number of hydrogen-bond donors (Lipinski definition) is 0. The fraction of sp³-hybridized carbons (Fsp3) is 0.739. The molecule has 0 atom stereocenters. The predicted molar refractivity (Wildman–Crippen MR) is 106 cm³/mol. The second-order valence-electron chi connectivity index (χ2n) is 8.46. The van der Waals surface area contributed by atoms with Crippen LogP contribution in [0.25, 0.3) is 0 Å². The summed E-state index contributed by atoms with van der Waals surface area (Å²) in [4.78, 5) is -0.216. The Morgan fingerprint density at radius 1 is 1.00 bits per heavy atom. The van der Waals surface area contributed by atoms with Crippen molar-refractivity contribution in [2.75, 3.05) is 0 Å². The van der Waals surface area contributed by atoms with Gasteiger partial charge < -0.3 is 0 Å². The first kappa shape index (κ1) is 18.3. The minimum atomic E-state index is -0.216. The first-order chi connectivity index (χ1) is 11.7. The normalized spacial score (nSPS) is 31.7. The standard InChI is InChI=1S/C23H35Cl/c1-2-3-6-11-20-12-14-21(15-13-20)22(16-7-4-8-17-22)23(24)18-9-5-10-19-23/h2,9-10,18-21H,1,3-8,11-17H2. The first-order valence-corrected chi connectivity index (χ1v) is 10.7. The molecule has 0 nitrogen and oxygen atoms in total. The molecular formula is C23H35Cl. The smallest absolute Gasteiger partial charge is 0.0865 e. The topological polar surface area (TPSA) is 0 Å². The largest absolute Gasteiger partial charge is 0.110 e. The van der Waals surface area contributed by atoms with Crippen LogP contribution >= 0.6 is 11.6 Å². The van der Waals surface area contributed by atoms with Gasteiger partial charge in [-0.1, -0.05) is 68.9 Å². The van der Waals surface area contributed by atoms with Crippen LogP contribution in [0.15, 0.2) is 37.0 Å². The molecule has 0 unspecified atom stereocenters. The second kappa shape index (κ2) is 8.26. The van der Waals surface area contributed by atoms with E-state index in [4.69, 9.17) is 11.6 Å². The van der Waals surface area contributed by atoms with Gasteiger partial charge >= 0.3 is 0 Å². The maximum Gasteiger partial charge on any atom is 0.0865 e. The Labute approximate surface area is 154 Å². The second-order valence-corrected chi connectivity index (χ2v) is 9.09. The molecule has 3 aliphatic rings. The van der Waals surface area contributed by atoms with Crippen molar-refractivity contribution < 1.29 is 0 Å². The van der Waals surface area contributed by atoms with Gasteiger partial charge in [-0.05, 0) is 62.2 Å². The SMILES string of the molecule is C=CCCCC1CCC(C2(C3(Cl)C=CCC=C3)CCCCC2)CC1. The van der Waals surface area contributed by atoms with Crippen LogP contribution in [0, 0.1) is 17.3 Å². The lowest BCUT2D eigenvalue weighted by molar-refractivity contribution is 0.0394. The molecule has 0 amide bonds. The molecule has 0 N–H and O–H groups in total. The molecule has 0 aliphatic heterocycles. The van der Waals surface area contributed by atoms with Gasteiger partial charge in [0.25, 0.3) is 0 Å². The molecule has 0 radical (unpaired) electrons. The van der Waals surface area contributed by atoms with Crippen molar-refractivity contribution in [2.45, 2.75) is 88.3 Å². The zero-order valence-corrected chi connectivity index (χ0v) is 16.1. The van der Waals surface area contributed by atoms with Gasteiger partial charge in [-0.2, -0.15) is 0 Å². The first-order valence-electron chi connectivity index (χ1n) is 10.4. The van der Waals surface area contributed by atoms with E-state index in [-0.39, 0.29) is 4.87 Å². The van der Waals surface area contributed by atoms with Crippen molar-refractivity contribution >= 4 is 11.6 Å². The summed E-state index contributed by atoms with van der Waals surface area (Å²) >= 11 is 7.30. The number of unbranched alkanes of at least 4 members (excludes halogenated alkanes) is 1. The number of halogens is 1. The molecule has 0 aromatic heterocycles. The van der Waals surface area contributed by atoms with Crippen LogP contribution in [0.2, 0.25) is 0 Å². The van der Waals surface area contributed by atoms with Gasteiger partial charge in [0, 0.05) is 0 Å².